The molecule has 0 aromatic heterocycles. The zero-order chi connectivity index (χ0) is 19.6. The largest absolute Gasteiger partial charge is 0.468 e. The van der Waals surface area contributed by atoms with Crippen molar-refractivity contribution in [3.05, 3.63) is 114 Å². The van der Waals surface area contributed by atoms with Crippen LogP contribution in [0.5, 0.6) is 0 Å². The molecule has 0 aliphatic rings. The lowest BCUT2D eigenvalue weighted by Gasteiger charge is -2.23. The van der Waals surface area contributed by atoms with Crippen molar-refractivity contribution in [1.29, 1.82) is 0 Å². The van der Waals surface area contributed by atoms with Gasteiger partial charge in [0.2, 0.25) is 0 Å². The van der Waals surface area contributed by atoms with Crippen LogP contribution in [0.4, 0.5) is 0 Å². The van der Waals surface area contributed by atoms with E-state index in [1.54, 1.807) is 0 Å². The molecule has 3 aromatic rings. The van der Waals surface area contributed by atoms with E-state index in [0.29, 0.717) is 6.42 Å². The highest BCUT2D eigenvalue weighted by atomic mass is 16.5. The smallest absolute Gasteiger partial charge is 0.323 e. The summed E-state index contributed by atoms with van der Waals surface area (Å²) in [4.78, 5) is 12.4. The van der Waals surface area contributed by atoms with E-state index in [-0.39, 0.29) is 12.0 Å². The van der Waals surface area contributed by atoms with Crippen LogP contribution in [0.1, 0.15) is 22.7 Å². The van der Waals surface area contributed by atoms with E-state index < -0.39 is 6.04 Å². The maximum atomic E-state index is 12.4. The quantitative estimate of drug-likeness (QED) is 0.577. The molecule has 1 N–H and O–H groups in total. The first-order valence-electron chi connectivity index (χ1n) is 9.42. The molecule has 2 atom stereocenters. The van der Waals surface area contributed by atoms with Gasteiger partial charge in [-0.05, 0) is 23.1 Å². The molecule has 0 fully saturated rings. The summed E-state index contributed by atoms with van der Waals surface area (Å²) in [5.41, 5.74) is 3.30. The number of nitrogens with one attached hydrogen (secondary N) is 1. The molecule has 0 saturated heterocycles. The van der Waals surface area contributed by atoms with Crippen LogP contribution in [0.2, 0.25) is 0 Å². The average molecular weight is 371 g/mol. The molecule has 3 heteroatoms. The topological polar surface area (TPSA) is 38.3 Å². The molecule has 0 heterocycles. The molecule has 28 heavy (non-hydrogen) atoms. The minimum Gasteiger partial charge on any atom is -0.468 e. The Hall–Kier alpha value is -3.17. The van der Waals surface area contributed by atoms with Gasteiger partial charge in [-0.2, -0.15) is 0 Å². The molecule has 3 rings (SSSR count). The summed E-state index contributed by atoms with van der Waals surface area (Å²) in [6.07, 6.45) is 4.73. The van der Waals surface area contributed by atoms with Gasteiger partial charge in [-0.1, -0.05) is 103 Å². The third-order valence-electron chi connectivity index (χ3n) is 4.59. The van der Waals surface area contributed by atoms with Gasteiger partial charge in [0.05, 0.1) is 13.2 Å². The maximum absolute atomic E-state index is 12.4. The molecular formula is C25H25NO2. The summed E-state index contributed by atoms with van der Waals surface area (Å²) in [6.45, 7) is 0. The second kappa shape index (κ2) is 10.2. The molecule has 0 amide bonds. The Balaban J connectivity index is 1.85. The molecule has 0 spiro atoms. The Morgan fingerprint density at radius 2 is 1.46 bits per heavy atom. The predicted octanol–water partition coefficient (Wildman–Crippen LogP) is 4.82. The molecule has 0 aliphatic carbocycles. The van der Waals surface area contributed by atoms with Crippen LogP contribution < -0.4 is 5.32 Å². The number of carbonyl (C=O) groups excluding carboxylic acids is 1. The van der Waals surface area contributed by atoms with E-state index in [1.807, 2.05) is 66.7 Å². The lowest BCUT2D eigenvalue weighted by atomic mass is 10.0. The van der Waals surface area contributed by atoms with Crippen molar-refractivity contribution < 1.29 is 9.53 Å². The SMILES string of the molecule is COC(=O)[C@@H](Cc1ccccc1)N[C@H](/C=C/c1ccccc1)c1ccccc1. The molecule has 0 unspecified atom stereocenters. The van der Waals surface area contributed by atoms with Gasteiger partial charge in [-0.25, -0.2) is 0 Å². The van der Waals surface area contributed by atoms with E-state index >= 15 is 0 Å². The number of methoxy groups -OCH3 is 1. The fourth-order valence-electron chi connectivity index (χ4n) is 3.11. The summed E-state index contributed by atoms with van der Waals surface area (Å²) in [5.74, 6) is -0.266. The fraction of sp³-hybridized carbons (Fsp3) is 0.160. The van der Waals surface area contributed by atoms with Crippen LogP contribution in [-0.4, -0.2) is 19.1 Å². The Bertz CT molecular complexity index is 876. The highest BCUT2D eigenvalue weighted by molar-refractivity contribution is 5.76. The number of hydrogen-bond donors (Lipinski definition) is 1. The minimum absolute atomic E-state index is 0.116. The summed E-state index contributed by atoms with van der Waals surface area (Å²) in [5, 5.41) is 3.48. The van der Waals surface area contributed by atoms with E-state index in [4.69, 9.17) is 4.74 Å². The normalized spacial score (nSPS) is 13.2. The Labute approximate surface area is 166 Å². The number of ether oxygens (including phenoxy) is 1. The Kier molecular flexibility index (Phi) is 7.16. The van der Waals surface area contributed by atoms with E-state index in [0.717, 1.165) is 16.7 Å². The predicted molar refractivity (Wildman–Crippen MR) is 114 cm³/mol. The van der Waals surface area contributed by atoms with Gasteiger partial charge in [-0.15, -0.1) is 0 Å². The van der Waals surface area contributed by atoms with Gasteiger partial charge < -0.3 is 4.74 Å². The summed E-state index contributed by atoms with van der Waals surface area (Å²) in [6, 6.07) is 29.7. The molecule has 142 valence electrons. The van der Waals surface area contributed by atoms with Crippen LogP contribution in [0.15, 0.2) is 97.1 Å². The highest BCUT2D eigenvalue weighted by Gasteiger charge is 2.23. The van der Waals surface area contributed by atoms with Crippen LogP contribution in [0.3, 0.4) is 0 Å². The average Bonchev–Trinajstić information content (AvgIpc) is 2.77. The zero-order valence-corrected chi connectivity index (χ0v) is 16.0. The molecule has 0 bridgehead atoms. The van der Waals surface area contributed by atoms with Crippen molar-refractivity contribution in [3.8, 4) is 0 Å². The Morgan fingerprint density at radius 1 is 0.893 bits per heavy atom. The van der Waals surface area contributed by atoms with Crippen LogP contribution in [-0.2, 0) is 16.0 Å². The van der Waals surface area contributed by atoms with Crippen molar-refractivity contribution in [2.75, 3.05) is 7.11 Å². The second-order valence-electron chi connectivity index (χ2n) is 6.59. The minimum atomic E-state index is -0.446. The van der Waals surface area contributed by atoms with Crippen molar-refractivity contribution >= 4 is 12.0 Å². The first kappa shape index (κ1) is 19.6. The maximum Gasteiger partial charge on any atom is 0.323 e. The number of rotatable bonds is 8. The number of hydrogen-bond acceptors (Lipinski definition) is 3. The van der Waals surface area contributed by atoms with Crippen molar-refractivity contribution in [2.45, 2.75) is 18.5 Å². The standard InChI is InChI=1S/C25H25NO2/c1-28-25(27)24(19-21-13-7-3-8-14-21)26-23(22-15-9-4-10-16-22)18-17-20-11-5-2-6-12-20/h2-18,23-24,26H,19H2,1H3/b18-17+/t23-,24-/m1/s1. The van der Waals surface area contributed by atoms with E-state index in [9.17, 15) is 4.79 Å². The highest BCUT2D eigenvalue weighted by Crippen LogP contribution is 2.18. The van der Waals surface area contributed by atoms with Crippen LogP contribution >= 0.6 is 0 Å². The van der Waals surface area contributed by atoms with Gasteiger partial charge in [0.15, 0.2) is 0 Å². The van der Waals surface area contributed by atoms with Gasteiger partial charge >= 0.3 is 5.97 Å². The van der Waals surface area contributed by atoms with E-state index in [2.05, 4.69) is 41.7 Å². The molecule has 0 aliphatic heterocycles. The molecule has 3 aromatic carbocycles. The molecule has 0 radical (unpaired) electrons. The monoisotopic (exact) mass is 371 g/mol. The van der Waals surface area contributed by atoms with Crippen LogP contribution in [0.25, 0.3) is 6.08 Å². The molecular weight excluding hydrogens is 346 g/mol. The first-order valence-corrected chi connectivity index (χ1v) is 9.42. The Morgan fingerprint density at radius 3 is 2.07 bits per heavy atom. The van der Waals surface area contributed by atoms with Crippen molar-refractivity contribution in [1.82, 2.24) is 5.32 Å². The van der Waals surface area contributed by atoms with Crippen molar-refractivity contribution in [3.63, 3.8) is 0 Å². The van der Waals surface area contributed by atoms with E-state index in [1.165, 1.54) is 7.11 Å². The van der Waals surface area contributed by atoms with Gasteiger partial charge in [0.1, 0.15) is 6.04 Å². The fourth-order valence-corrected chi connectivity index (χ4v) is 3.11. The third kappa shape index (κ3) is 5.66. The number of esters is 1. The summed E-state index contributed by atoms with van der Waals surface area (Å²) in [7, 11) is 1.43. The van der Waals surface area contributed by atoms with Gasteiger partial charge in [0.25, 0.3) is 0 Å². The van der Waals surface area contributed by atoms with Gasteiger partial charge in [0, 0.05) is 0 Å². The van der Waals surface area contributed by atoms with Gasteiger partial charge in [-0.3, -0.25) is 10.1 Å². The zero-order valence-electron chi connectivity index (χ0n) is 16.0. The number of benzene rings is 3. The second-order valence-corrected chi connectivity index (χ2v) is 6.59. The first-order chi connectivity index (χ1) is 13.8. The lowest BCUT2D eigenvalue weighted by molar-refractivity contribution is -0.143. The molecule has 3 nitrogen and oxygen atoms in total. The summed E-state index contributed by atoms with van der Waals surface area (Å²) < 4.78 is 5.06. The molecule has 0 saturated carbocycles. The van der Waals surface area contributed by atoms with Crippen LogP contribution in [0, 0.1) is 0 Å². The lowest BCUT2D eigenvalue weighted by Crippen LogP contribution is -2.41. The number of carbonyl (C=O) groups is 1. The third-order valence-corrected chi connectivity index (χ3v) is 4.59. The summed E-state index contributed by atoms with van der Waals surface area (Å²) >= 11 is 0. The van der Waals surface area contributed by atoms with Crippen molar-refractivity contribution in [2.24, 2.45) is 0 Å².